The van der Waals surface area contributed by atoms with Crippen LogP contribution in [0.1, 0.15) is 17.3 Å². The van der Waals surface area contributed by atoms with Crippen LogP contribution in [0.25, 0.3) is 11.0 Å². The summed E-state index contributed by atoms with van der Waals surface area (Å²) in [6, 6.07) is 13.1. The largest absolute Gasteiger partial charge is 0.366 e. The summed E-state index contributed by atoms with van der Waals surface area (Å²) in [5.41, 5.74) is 3.79. The van der Waals surface area contributed by atoms with E-state index in [-0.39, 0.29) is 11.8 Å². The quantitative estimate of drug-likeness (QED) is 0.755. The van der Waals surface area contributed by atoms with E-state index in [1.807, 2.05) is 29.2 Å². The Morgan fingerprint density at radius 1 is 1.00 bits per heavy atom. The number of aromatic nitrogens is 2. The van der Waals surface area contributed by atoms with Crippen molar-refractivity contribution in [2.45, 2.75) is 6.92 Å². The summed E-state index contributed by atoms with van der Waals surface area (Å²) in [6.45, 7) is 4.45. The zero-order valence-corrected chi connectivity index (χ0v) is 15.7. The highest BCUT2D eigenvalue weighted by molar-refractivity contribution is 7.00. The highest BCUT2D eigenvalue weighted by Crippen LogP contribution is 2.27. The standard InChI is InChI=1S/C19H19N5O2S/c1-13(25)23-8-10-24(11-9-23)18-5-3-2-4-16(18)20-19(26)14-6-7-15-17(12-14)22-27-21-15/h2-7,12H,8-11H2,1H3,(H,20,26). The molecule has 1 saturated heterocycles. The van der Waals surface area contributed by atoms with Gasteiger partial charge in [0.25, 0.3) is 5.91 Å². The molecule has 4 rings (SSSR count). The van der Waals surface area contributed by atoms with E-state index in [4.69, 9.17) is 0 Å². The van der Waals surface area contributed by atoms with Crippen LogP contribution in [0.5, 0.6) is 0 Å². The molecule has 27 heavy (non-hydrogen) atoms. The molecule has 1 fully saturated rings. The third-order valence-electron chi connectivity index (χ3n) is 4.73. The molecule has 2 heterocycles. The van der Waals surface area contributed by atoms with Crippen molar-refractivity contribution in [3.63, 3.8) is 0 Å². The zero-order chi connectivity index (χ0) is 18.8. The molecule has 1 aromatic heterocycles. The maximum Gasteiger partial charge on any atom is 0.255 e. The van der Waals surface area contributed by atoms with Crippen molar-refractivity contribution in [1.82, 2.24) is 13.6 Å². The minimum Gasteiger partial charge on any atom is -0.366 e. The van der Waals surface area contributed by atoms with Gasteiger partial charge in [-0.1, -0.05) is 12.1 Å². The fourth-order valence-corrected chi connectivity index (χ4v) is 3.75. The molecule has 8 heteroatoms. The first-order valence-corrected chi connectivity index (χ1v) is 9.48. The van der Waals surface area contributed by atoms with Crippen LogP contribution < -0.4 is 10.2 Å². The number of para-hydroxylation sites is 2. The lowest BCUT2D eigenvalue weighted by molar-refractivity contribution is -0.129. The summed E-state index contributed by atoms with van der Waals surface area (Å²) in [4.78, 5) is 28.3. The summed E-state index contributed by atoms with van der Waals surface area (Å²) in [5.74, 6) is -0.0807. The molecule has 2 amide bonds. The Kier molecular flexibility index (Phi) is 4.72. The Morgan fingerprint density at radius 3 is 2.52 bits per heavy atom. The van der Waals surface area contributed by atoms with Crippen LogP contribution in [0.4, 0.5) is 11.4 Å². The lowest BCUT2D eigenvalue weighted by Gasteiger charge is -2.36. The molecule has 1 aliphatic rings. The van der Waals surface area contributed by atoms with E-state index in [2.05, 4.69) is 19.0 Å². The number of carbonyl (C=O) groups is 2. The number of nitrogens with zero attached hydrogens (tertiary/aromatic N) is 4. The van der Waals surface area contributed by atoms with Crippen LogP contribution in [0, 0.1) is 0 Å². The fraction of sp³-hybridized carbons (Fsp3) is 0.263. The van der Waals surface area contributed by atoms with Crippen LogP contribution in [-0.4, -0.2) is 51.6 Å². The van der Waals surface area contributed by atoms with Crippen molar-refractivity contribution in [3.05, 3.63) is 48.0 Å². The summed E-state index contributed by atoms with van der Waals surface area (Å²) in [6.07, 6.45) is 0. The highest BCUT2D eigenvalue weighted by atomic mass is 32.1. The number of hydrogen-bond acceptors (Lipinski definition) is 6. The zero-order valence-electron chi connectivity index (χ0n) is 14.9. The Balaban J connectivity index is 1.52. The molecule has 0 atom stereocenters. The van der Waals surface area contributed by atoms with Gasteiger partial charge in [-0.3, -0.25) is 9.59 Å². The molecule has 0 aliphatic carbocycles. The van der Waals surface area contributed by atoms with Crippen LogP contribution in [-0.2, 0) is 4.79 Å². The molecule has 0 spiro atoms. The van der Waals surface area contributed by atoms with Gasteiger partial charge in [-0.05, 0) is 30.3 Å². The van der Waals surface area contributed by atoms with Gasteiger partial charge < -0.3 is 15.1 Å². The monoisotopic (exact) mass is 381 g/mol. The van der Waals surface area contributed by atoms with Gasteiger partial charge in [0.2, 0.25) is 5.91 Å². The number of fused-ring (bicyclic) bond motifs is 1. The third-order valence-corrected chi connectivity index (χ3v) is 5.29. The van der Waals surface area contributed by atoms with Crippen molar-refractivity contribution in [2.75, 3.05) is 36.4 Å². The molecule has 7 nitrogen and oxygen atoms in total. The second-order valence-electron chi connectivity index (χ2n) is 6.43. The second-order valence-corrected chi connectivity index (χ2v) is 6.96. The molecule has 1 N–H and O–H groups in total. The first-order valence-electron chi connectivity index (χ1n) is 8.75. The van der Waals surface area contributed by atoms with Crippen LogP contribution >= 0.6 is 11.7 Å². The minimum absolute atomic E-state index is 0.100. The van der Waals surface area contributed by atoms with Gasteiger partial charge in [-0.2, -0.15) is 8.75 Å². The van der Waals surface area contributed by atoms with E-state index in [1.54, 1.807) is 25.1 Å². The van der Waals surface area contributed by atoms with Gasteiger partial charge in [0, 0.05) is 38.7 Å². The van der Waals surface area contributed by atoms with Crippen LogP contribution in [0.15, 0.2) is 42.5 Å². The molecule has 1 aliphatic heterocycles. The summed E-state index contributed by atoms with van der Waals surface area (Å²) in [5, 5.41) is 3.01. The van der Waals surface area contributed by atoms with Crippen molar-refractivity contribution < 1.29 is 9.59 Å². The second kappa shape index (κ2) is 7.32. The number of carbonyl (C=O) groups excluding carboxylic acids is 2. The number of nitrogens with one attached hydrogen (secondary N) is 1. The molecular weight excluding hydrogens is 362 g/mol. The maximum atomic E-state index is 12.7. The third kappa shape index (κ3) is 3.61. The molecule has 3 aromatic rings. The van der Waals surface area contributed by atoms with E-state index in [0.717, 1.165) is 47.2 Å². The van der Waals surface area contributed by atoms with Crippen LogP contribution in [0.2, 0.25) is 0 Å². The fourth-order valence-electron chi connectivity index (χ4n) is 3.24. The molecule has 2 aromatic carbocycles. The SMILES string of the molecule is CC(=O)N1CCN(c2ccccc2NC(=O)c2ccc3nsnc3c2)CC1. The molecule has 0 bridgehead atoms. The van der Waals surface area contributed by atoms with Gasteiger partial charge in [0.15, 0.2) is 0 Å². The number of anilines is 2. The summed E-state index contributed by atoms with van der Waals surface area (Å²) in [7, 11) is 0. The average Bonchev–Trinajstić information content (AvgIpc) is 3.16. The Hall–Kier alpha value is -3.00. The van der Waals surface area contributed by atoms with E-state index in [9.17, 15) is 9.59 Å². The number of rotatable bonds is 3. The lowest BCUT2D eigenvalue weighted by atomic mass is 10.1. The minimum atomic E-state index is -0.181. The lowest BCUT2D eigenvalue weighted by Crippen LogP contribution is -2.48. The first kappa shape index (κ1) is 17.4. The summed E-state index contributed by atoms with van der Waals surface area (Å²) >= 11 is 1.13. The van der Waals surface area contributed by atoms with Crippen molar-refractivity contribution in [1.29, 1.82) is 0 Å². The normalized spacial score (nSPS) is 14.4. The predicted octanol–water partition coefficient (Wildman–Crippen LogP) is 2.61. The molecule has 138 valence electrons. The maximum absolute atomic E-state index is 12.7. The smallest absolute Gasteiger partial charge is 0.255 e. The molecule has 0 radical (unpaired) electrons. The topological polar surface area (TPSA) is 78.4 Å². The van der Waals surface area contributed by atoms with Gasteiger partial charge in [0.1, 0.15) is 11.0 Å². The van der Waals surface area contributed by atoms with Crippen LogP contribution in [0.3, 0.4) is 0 Å². The molecular formula is C19H19N5O2S. The predicted molar refractivity (Wildman–Crippen MR) is 106 cm³/mol. The molecule has 0 saturated carbocycles. The Morgan fingerprint density at radius 2 is 1.74 bits per heavy atom. The highest BCUT2D eigenvalue weighted by Gasteiger charge is 2.21. The number of piperazine rings is 1. The summed E-state index contributed by atoms with van der Waals surface area (Å²) < 4.78 is 8.35. The van der Waals surface area contributed by atoms with E-state index >= 15 is 0 Å². The van der Waals surface area contributed by atoms with Crippen molar-refractivity contribution in [2.24, 2.45) is 0 Å². The van der Waals surface area contributed by atoms with Gasteiger partial charge in [-0.25, -0.2) is 0 Å². The Bertz CT molecular complexity index is 994. The van der Waals surface area contributed by atoms with E-state index in [1.165, 1.54) is 0 Å². The van der Waals surface area contributed by atoms with Crippen molar-refractivity contribution >= 4 is 46.0 Å². The van der Waals surface area contributed by atoms with Crippen molar-refractivity contribution in [3.8, 4) is 0 Å². The van der Waals surface area contributed by atoms with E-state index < -0.39 is 0 Å². The van der Waals surface area contributed by atoms with Gasteiger partial charge in [0.05, 0.1) is 23.1 Å². The average molecular weight is 381 g/mol. The molecule has 0 unspecified atom stereocenters. The number of benzene rings is 2. The van der Waals surface area contributed by atoms with Gasteiger partial charge >= 0.3 is 0 Å². The Labute approximate surface area is 160 Å². The van der Waals surface area contributed by atoms with Gasteiger partial charge in [-0.15, -0.1) is 0 Å². The van der Waals surface area contributed by atoms with E-state index in [0.29, 0.717) is 18.7 Å². The first-order chi connectivity index (χ1) is 13.1. The number of hydrogen-bond donors (Lipinski definition) is 1. The number of amides is 2.